The fourth-order valence-electron chi connectivity index (χ4n) is 4.21. The van der Waals surface area contributed by atoms with Gasteiger partial charge in [0.25, 0.3) is 0 Å². The topological polar surface area (TPSA) is 68.9 Å². The Balaban J connectivity index is 1.33. The number of nitrogens with zero attached hydrogens (tertiary/aromatic N) is 4. The Kier molecular flexibility index (Phi) is 6.29. The molecule has 2 aromatic rings. The second-order valence-electron chi connectivity index (χ2n) is 7.61. The van der Waals surface area contributed by atoms with E-state index in [9.17, 15) is 4.39 Å². The molecule has 29 heavy (non-hydrogen) atoms. The van der Waals surface area contributed by atoms with Gasteiger partial charge in [0.1, 0.15) is 5.76 Å². The molecule has 2 fully saturated rings. The fraction of sp³-hybridized carbons (Fsp3) is 0.524. The molecule has 8 heteroatoms. The van der Waals surface area contributed by atoms with Crippen LogP contribution in [0.5, 0.6) is 0 Å². The van der Waals surface area contributed by atoms with Crippen LogP contribution in [0.3, 0.4) is 0 Å². The second-order valence-corrected chi connectivity index (χ2v) is 7.61. The number of aliphatic imine (C=N–C) groups is 1. The van der Waals surface area contributed by atoms with E-state index in [1.807, 2.05) is 17.0 Å². The second kappa shape index (κ2) is 9.26. The van der Waals surface area contributed by atoms with Gasteiger partial charge in [-0.25, -0.2) is 9.37 Å². The quantitative estimate of drug-likeness (QED) is 0.573. The molecule has 7 nitrogen and oxygen atoms in total. The summed E-state index contributed by atoms with van der Waals surface area (Å²) in [7, 11) is 1.78. The number of rotatable bonds is 6. The minimum atomic E-state index is -0.275. The molecular weight excluding hydrogens is 371 g/mol. The zero-order valence-corrected chi connectivity index (χ0v) is 16.9. The highest BCUT2D eigenvalue weighted by Gasteiger charge is 2.28. The molecule has 0 saturated carbocycles. The van der Waals surface area contributed by atoms with Crippen molar-refractivity contribution in [2.24, 2.45) is 4.99 Å². The van der Waals surface area contributed by atoms with Gasteiger partial charge < -0.3 is 20.0 Å². The van der Waals surface area contributed by atoms with E-state index in [0.29, 0.717) is 12.4 Å². The van der Waals surface area contributed by atoms with Crippen molar-refractivity contribution in [3.63, 3.8) is 0 Å². The molecule has 0 aromatic carbocycles. The van der Waals surface area contributed by atoms with Gasteiger partial charge in [0.15, 0.2) is 17.6 Å². The van der Waals surface area contributed by atoms with Gasteiger partial charge in [0, 0.05) is 38.9 Å². The SMILES string of the molecule is CN=C(NCC(c1ccco1)N1CCCC1)NC1CCN(c2ncccc2F)C1. The third-order valence-electron chi connectivity index (χ3n) is 5.71. The average Bonchev–Trinajstić information content (AvgIpc) is 3.51. The van der Waals surface area contributed by atoms with Crippen LogP contribution in [0.4, 0.5) is 10.2 Å². The Morgan fingerprint density at radius 2 is 2.17 bits per heavy atom. The minimum absolute atomic E-state index is 0.189. The Labute approximate surface area is 171 Å². The molecule has 4 heterocycles. The predicted octanol–water partition coefficient (Wildman–Crippen LogP) is 2.39. The van der Waals surface area contributed by atoms with E-state index in [1.54, 1.807) is 25.6 Å². The smallest absolute Gasteiger partial charge is 0.191 e. The summed E-state index contributed by atoms with van der Waals surface area (Å²) in [4.78, 5) is 13.0. The number of nitrogens with one attached hydrogen (secondary N) is 2. The maximum Gasteiger partial charge on any atom is 0.191 e. The largest absolute Gasteiger partial charge is 0.468 e. The first kappa shape index (κ1) is 19.7. The van der Waals surface area contributed by atoms with E-state index in [4.69, 9.17) is 4.42 Å². The number of likely N-dealkylation sites (tertiary alicyclic amines) is 1. The van der Waals surface area contributed by atoms with Crippen molar-refractivity contribution in [2.75, 3.05) is 44.7 Å². The first-order valence-electron chi connectivity index (χ1n) is 10.3. The van der Waals surface area contributed by atoms with Crippen LogP contribution in [-0.4, -0.2) is 61.7 Å². The number of guanidine groups is 1. The summed E-state index contributed by atoms with van der Waals surface area (Å²) < 4.78 is 19.7. The van der Waals surface area contributed by atoms with Crippen LogP contribution >= 0.6 is 0 Å². The van der Waals surface area contributed by atoms with Crippen LogP contribution in [0.15, 0.2) is 46.1 Å². The zero-order chi connectivity index (χ0) is 20.1. The van der Waals surface area contributed by atoms with E-state index < -0.39 is 0 Å². The number of hydrogen-bond acceptors (Lipinski definition) is 5. The molecule has 2 aliphatic heterocycles. The van der Waals surface area contributed by atoms with Gasteiger partial charge in [-0.1, -0.05) is 0 Å². The summed E-state index contributed by atoms with van der Waals surface area (Å²) in [6, 6.07) is 7.43. The molecule has 0 spiro atoms. The molecule has 156 valence electrons. The van der Waals surface area contributed by atoms with E-state index in [-0.39, 0.29) is 17.9 Å². The molecule has 0 radical (unpaired) electrons. The van der Waals surface area contributed by atoms with Crippen molar-refractivity contribution in [3.8, 4) is 0 Å². The van der Waals surface area contributed by atoms with E-state index in [2.05, 4.69) is 25.5 Å². The van der Waals surface area contributed by atoms with Crippen molar-refractivity contribution in [1.82, 2.24) is 20.5 Å². The first-order valence-corrected chi connectivity index (χ1v) is 10.3. The standard InChI is InChI=1S/C21H29FN6O/c1-23-21(25-14-18(19-7-5-13-29-19)27-10-2-3-11-27)26-16-8-12-28(15-16)20-17(22)6-4-9-24-20/h4-7,9,13,16,18H,2-3,8,10-12,14-15H2,1H3,(H2,23,25,26). The van der Waals surface area contributed by atoms with Crippen molar-refractivity contribution in [1.29, 1.82) is 0 Å². The van der Waals surface area contributed by atoms with Gasteiger partial charge in [-0.15, -0.1) is 0 Å². The van der Waals surface area contributed by atoms with Gasteiger partial charge in [0.05, 0.1) is 12.3 Å². The van der Waals surface area contributed by atoms with Crippen LogP contribution in [0.2, 0.25) is 0 Å². The lowest BCUT2D eigenvalue weighted by atomic mass is 10.2. The van der Waals surface area contributed by atoms with Crippen molar-refractivity contribution < 1.29 is 8.81 Å². The van der Waals surface area contributed by atoms with Crippen LogP contribution in [0, 0.1) is 5.82 Å². The molecule has 2 aliphatic rings. The average molecular weight is 401 g/mol. The Hall–Kier alpha value is -2.61. The van der Waals surface area contributed by atoms with Crippen molar-refractivity contribution in [2.45, 2.75) is 31.3 Å². The lowest BCUT2D eigenvalue weighted by molar-refractivity contribution is 0.215. The van der Waals surface area contributed by atoms with E-state index >= 15 is 0 Å². The monoisotopic (exact) mass is 400 g/mol. The predicted molar refractivity (Wildman–Crippen MR) is 112 cm³/mol. The van der Waals surface area contributed by atoms with Crippen molar-refractivity contribution in [3.05, 3.63) is 48.3 Å². The maximum atomic E-state index is 14.0. The molecular formula is C21H29FN6O. The normalized spacial score (nSPS) is 21.5. The van der Waals surface area contributed by atoms with Crippen LogP contribution in [-0.2, 0) is 0 Å². The number of pyridine rings is 1. The summed E-state index contributed by atoms with van der Waals surface area (Å²) in [5.74, 6) is 1.89. The highest BCUT2D eigenvalue weighted by Crippen LogP contribution is 2.25. The van der Waals surface area contributed by atoms with Crippen molar-refractivity contribution >= 4 is 11.8 Å². The molecule has 2 unspecified atom stereocenters. The van der Waals surface area contributed by atoms with Gasteiger partial charge in [-0.3, -0.25) is 9.89 Å². The molecule has 2 N–H and O–H groups in total. The number of aromatic nitrogens is 1. The minimum Gasteiger partial charge on any atom is -0.468 e. The van der Waals surface area contributed by atoms with E-state index in [1.165, 1.54) is 18.9 Å². The summed E-state index contributed by atoms with van der Waals surface area (Å²) >= 11 is 0. The molecule has 0 amide bonds. The third-order valence-corrected chi connectivity index (χ3v) is 5.71. The Morgan fingerprint density at radius 1 is 1.31 bits per heavy atom. The molecule has 2 saturated heterocycles. The third kappa shape index (κ3) is 4.70. The number of furan rings is 1. The molecule has 2 aromatic heterocycles. The lowest BCUT2D eigenvalue weighted by Gasteiger charge is -2.27. The zero-order valence-electron chi connectivity index (χ0n) is 16.9. The molecule has 2 atom stereocenters. The van der Waals surface area contributed by atoms with Gasteiger partial charge >= 0.3 is 0 Å². The fourth-order valence-corrected chi connectivity index (χ4v) is 4.21. The van der Waals surface area contributed by atoms with Gasteiger partial charge in [-0.2, -0.15) is 0 Å². The molecule has 0 aliphatic carbocycles. The number of anilines is 1. The summed E-state index contributed by atoms with van der Waals surface area (Å²) in [6.45, 7) is 4.37. The first-order chi connectivity index (χ1) is 14.2. The molecule has 4 rings (SSSR count). The Morgan fingerprint density at radius 3 is 2.90 bits per heavy atom. The van der Waals surface area contributed by atoms with Gasteiger partial charge in [-0.05, 0) is 56.6 Å². The summed E-state index contributed by atoms with van der Waals surface area (Å²) in [6.07, 6.45) is 6.73. The number of hydrogen-bond donors (Lipinski definition) is 2. The maximum absolute atomic E-state index is 14.0. The van der Waals surface area contributed by atoms with Crippen LogP contribution < -0.4 is 15.5 Å². The van der Waals surface area contributed by atoms with Gasteiger partial charge in [0.2, 0.25) is 0 Å². The summed E-state index contributed by atoms with van der Waals surface area (Å²) in [5.41, 5.74) is 0. The molecule has 0 bridgehead atoms. The summed E-state index contributed by atoms with van der Waals surface area (Å²) in [5, 5.41) is 6.93. The number of halogens is 1. The van der Waals surface area contributed by atoms with Crippen LogP contribution in [0.25, 0.3) is 0 Å². The highest BCUT2D eigenvalue weighted by molar-refractivity contribution is 5.80. The Bertz CT molecular complexity index is 805. The lowest BCUT2D eigenvalue weighted by Crippen LogP contribution is -2.47. The highest BCUT2D eigenvalue weighted by atomic mass is 19.1. The van der Waals surface area contributed by atoms with E-state index in [0.717, 1.165) is 44.3 Å². The van der Waals surface area contributed by atoms with Crippen LogP contribution in [0.1, 0.15) is 31.1 Å².